The second-order valence-corrected chi connectivity index (χ2v) is 7.00. The van der Waals surface area contributed by atoms with Crippen molar-refractivity contribution in [1.29, 1.82) is 0 Å². The molecule has 1 fully saturated rings. The van der Waals surface area contributed by atoms with Crippen LogP contribution in [0.1, 0.15) is 31.0 Å². The molecule has 2 aromatic rings. The molecule has 19 heavy (non-hydrogen) atoms. The lowest BCUT2D eigenvalue weighted by molar-refractivity contribution is 0.415. The summed E-state index contributed by atoms with van der Waals surface area (Å²) in [6.45, 7) is 3.02. The molecule has 1 atom stereocenters. The third kappa shape index (κ3) is 2.75. The van der Waals surface area contributed by atoms with E-state index in [0.717, 1.165) is 29.3 Å². The number of aromatic nitrogens is 3. The van der Waals surface area contributed by atoms with Gasteiger partial charge in [0, 0.05) is 12.7 Å². The van der Waals surface area contributed by atoms with E-state index in [9.17, 15) is 0 Å². The third-order valence-electron chi connectivity index (χ3n) is 3.72. The Balaban J connectivity index is 1.97. The molecule has 0 bridgehead atoms. The maximum absolute atomic E-state index is 6.29. The zero-order valence-electron chi connectivity index (χ0n) is 11.1. The summed E-state index contributed by atoms with van der Waals surface area (Å²) < 4.78 is 2.30. The van der Waals surface area contributed by atoms with E-state index in [1.165, 1.54) is 24.3 Å². The molecule has 2 aromatic heterocycles. The van der Waals surface area contributed by atoms with Gasteiger partial charge in [-0.05, 0) is 43.3 Å². The van der Waals surface area contributed by atoms with Crippen molar-refractivity contribution in [1.82, 2.24) is 14.5 Å². The summed E-state index contributed by atoms with van der Waals surface area (Å²) >= 11 is 8.35. The van der Waals surface area contributed by atoms with Gasteiger partial charge >= 0.3 is 0 Å². The van der Waals surface area contributed by atoms with Crippen molar-refractivity contribution in [2.75, 3.05) is 11.5 Å². The molecule has 102 valence electrons. The van der Waals surface area contributed by atoms with Gasteiger partial charge in [-0.2, -0.15) is 11.8 Å². The molecule has 1 aliphatic heterocycles. The van der Waals surface area contributed by atoms with Crippen LogP contribution in [-0.4, -0.2) is 26.0 Å². The third-order valence-corrected chi connectivity index (χ3v) is 4.96. The number of fused-ring (bicyclic) bond motifs is 1. The van der Waals surface area contributed by atoms with Gasteiger partial charge in [-0.25, -0.2) is 4.98 Å². The maximum atomic E-state index is 6.29. The fourth-order valence-corrected chi connectivity index (χ4v) is 4.05. The van der Waals surface area contributed by atoms with Gasteiger partial charge < -0.3 is 4.57 Å². The van der Waals surface area contributed by atoms with E-state index in [1.54, 1.807) is 0 Å². The van der Waals surface area contributed by atoms with Gasteiger partial charge in [-0.15, -0.1) is 11.6 Å². The Bertz CT molecular complexity index is 561. The molecule has 0 spiro atoms. The molecule has 3 nitrogen and oxygen atoms in total. The first-order valence-corrected chi connectivity index (χ1v) is 8.37. The Morgan fingerprint density at radius 3 is 3.00 bits per heavy atom. The molecule has 0 N–H and O–H groups in total. The average molecular weight is 296 g/mol. The van der Waals surface area contributed by atoms with E-state index < -0.39 is 0 Å². The van der Waals surface area contributed by atoms with Crippen LogP contribution < -0.4 is 0 Å². The summed E-state index contributed by atoms with van der Waals surface area (Å²) in [5, 5.41) is -0.0645. The molecule has 0 aromatic carbocycles. The van der Waals surface area contributed by atoms with E-state index in [4.69, 9.17) is 11.6 Å². The van der Waals surface area contributed by atoms with E-state index in [2.05, 4.69) is 26.3 Å². The minimum absolute atomic E-state index is 0.0645. The van der Waals surface area contributed by atoms with Crippen LogP contribution in [0.4, 0.5) is 0 Å². The number of hydrogen-bond acceptors (Lipinski definition) is 3. The number of nitrogens with zero attached hydrogens (tertiary/aromatic N) is 3. The van der Waals surface area contributed by atoms with Gasteiger partial charge in [-0.1, -0.05) is 0 Å². The Labute approximate surface area is 122 Å². The Hall–Kier alpha value is -0.740. The quantitative estimate of drug-likeness (QED) is 0.805. The number of imidazole rings is 1. The summed E-state index contributed by atoms with van der Waals surface area (Å²) in [6, 6.07) is 2.04. The van der Waals surface area contributed by atoms with Crippen molar-refractivity contribution in [2.24, 2.45) is 5.92 Å². The fourth-order valence-electron chi connectivity index (χ4n) is 2.68. The van der Waals surface area contributed by atoms with Gasteiger partial charge in [0.1, 0.15) is 11.3 Å². The number of pyridine rings is 1. The van der Waals surface area contributed by atoms with Gasteiger partial charge in [0.15, 0.2) is 0 Å². The van der Waals surface area contributed by atoms with Crippen molar-refractivity contribution in [3.8, 4) is 0 Å². The van der Waals surface area contributed by atoms with Crippen LogP contribution in [0.25, 0.3) is 11.0 Å². The van der Waals surface area contributed by atoms with Crippen molar-refractivity contribution in [3.05, 3.63) is 24.3 Å². The minimum atomic E-state index is -0.0645. The normalized spacial score (nSPS) is 18.8. The molecule has 3 rings (SSSR count). The Kier molecular flexibility index (Phi) is 3.99. The lowest BCUT2D eigenvalue weighted by atomic mass is 10.0. The standard InChI is InChI=1S/C14H18ClN3S/c1-10(15)14-17-12-8-16-5-2-13(12)18(14)9-11-3-6-19-7-4-11/h2,5,8,10-11H,3-4,6-7,9H2,1H3. The summed E-state index contributed by atoms with van der Waals surface area (Å²) in [5.74, 6) is 4.29. The smallest absolute Gasteiger partial charge is 0.127 e. The number of thioether (sulfide) groups is 1. The highest BCUT2D eigenvalue weighted by atomic mass is 35.5. The first kappa shape index (κ1) is 13.3. The zero-order chi connectivity index (χ0) is 13.2. The molecule has 1 saturated heterocycles. The number of alkyl halides is 1. The van der Waals surface area contributed by atoms with Crippen molar-refractivity contribution >= 4 is 34.4 Å². The first-order valence-electron chi connectivity index (χ1n) is 6.77. The number of halogens is 1. The van der Waals surface area contributed by atoms with E-state index >= 15 is 0 Å². The van der Waals surface area contributed by atoms with Crippen LogP contribution in [0.3, 0.4) is 0 Å². The molecule has 0 amide bonds. The van der Waals surface area contributed by atoms with Crippen molar-refractivity contribution in [3.63, 3.8) is 0 Å². The molecular formula is C14H18ClN3S. The van der Waals surface area contributed by atoms with Gasteiger partial charge in [-0.3, -0.25) is 4.98 Å². The highest BCUT2D eigenvalue weighted by Crippen LogP contribution is 2.29. The molecule has 5 heteroatoms. The highest BCUT2D eigenvalue weighted by molar-refractivity contribution is 7.99. The van der Waals surface area contributed by atoms with Gasteiger partial charge in [0.05, 0.1) is 17.1 Å². The molecular weight excluding hydrogens is 278 g/mol. The summed E-state index contributed by atoms with van der Waals surface area (Å²) in [4.78, 5) is 8.79. The predicted molar refractivity (Wildman–Crippen MR) is 81.8 cm³/mol. The Morgan fingerprint density at radius 2 is 2.26 bits per heavy atom. The van der Waals surface area contributed by atoms with E-state index in [-0.39, 0.29) is 5.38 Å². The molecule has 1 aliphatic rings. The van der Waals surface area contributed by atoms with Crippen LogP contribution in [0.5, 0.6) is 0 Å². The van der Waals surface area contributed by atoms with Crippen LogP contribution >= 0.6 is 23.4 Å². The molecule has 0 aliphatic carbocycles. The second kappa shape index (κ2) is 5.71. The molecule has 1 unspecified atom stereocenters. The van der Waals surface area contributed by atoms with E-state index in [1.807, 2.05) is 25.4 Å². The van der Waals surface area contributed by atoms with Crippen LogP contribution in [-0.2, 0) is 6.54 Å². The fraction of sp³-hybridized carbons (Fsp3) is 0.571. The zero-order valence-corrected chi connectivity index (χ0v) is 12.6. The molecule has 3 heterocycles. The van der Waals surface area contributed by atoms with E-state index in [0.29, 0.717) is 0 Å². The monoisotopic (exact) mass is 295 g/mol. The van der Waals surface area contributed by atoms with Crippen molar-refractivity contribution in [2.45, 2.75) is 31.7 Å². The summed E-state index contributed by atoms with van der Waals surface area (Å²) in [7, 11) is 0. The SMILES string of the molecule is CC(Cl)c1nc2cnccc2n1CC1CCSCC1. The van der Waals surface area contributed by atoms with Crippen LogP contribution in [0, 0.1) is 5.92 Å². The minimum Gasteiger partial charge on any atom is -0.326 e. The summed E-state index contributed by atoms with van der Waals surface area (Å²) in [6.07, 6.45) is 6.25. The number of rotatable bonds is 3. The lowest BCUT2D eigenvalue weighted by Gasteiger charge is -2.23. The predicted octanol–water partition coefficient (Wildman–Crippen LogP) is 3.87. The number of hydrogen-bond donors (Lipinski definition) is 0. The maximum Gasteiger partial charge on any atom is 0.127 e. The Morgan fingerprint density at radius 1 is 1.47 bits per heavy atom. The van der Waals surface area contributed by atoms with Crippen LogP contribution in [0.2, 0.25) is 0 Å². The average Bonchev–Trinajstić information content (AvgIpc) is 2.79. The van der Waals surface area contributed by atoms with Crippen molar-refractivity contribution < 1.29 is 0 Å². The summed E-state index contributed by atoms with van der Waals surface area (Å²) in [5.41, 5.74) is 2.12. The largest absolute Gasteiger partial charge is 0.326 e. The first-order chi connectivity index (χ1) is 9.25. The lowest BCUT2D eigenvalue weighted by Crippen LogP contribution is -2.18. The van der Waals surface area contributed by atoms with Gasteiger partial charge in [0.25, 0.3) is 0 Å². The molecule has 0 saturated carbocycles. The topological polar surface area (TPSA) is 30.7 Å². The second-order valence-electron chi connectivity index (χ2n) is 5.12. The molecule has 0 radical (unpaired) electrons. The van der Waals surface area contributed by atoms with Gasteiger partial charge in [0.2, 0.25) is 0 Å². The van der Waals surface area contributed by atoms with Crippen LogP contribution in [0.15, 0.2) is 18.5 Å². The highest BCUT2D eigenvalue weighted by Gasteiger charge is 2.20.